The average Bonchev–Trinajstić information content (AvgIpc) is 2.91. The summed E-state index contributed by atoms with van der Waals surface area (Å²) in [7, 11) is 0. The molecule has 8 nitrogen and oxygen atoms in total. The second kappa shape index (κ2) is 11.2. The second-order valence-corrected chi connectivity index (χ2v) is 9.25. The molecular formula is C30H29N3O5. The molecule has 4 rings (SSSR count). The number of ether oxygens (including phenoxy) is 1. The number of para-hydroxylation sites is 1. The van der Waals surface area contributed by atoms with Gasteiger partial charge in [-0.05, 0) is 30.2 Å². The number of hydrogen-bond donors (Lipinski definition) is 0. The van der Waals surface area contributed by atoms with E-state index in [4.69, 9.17) is 9.72 Å². The number of imide groups is 1. The maximum Gasteiger partial charge on any atom is 0.303 e. The second-order valence-electron chi connectivity index (χ2n) is 9.25. The van der Waals surface area contributed by atoms with Gasteiger partial charge in [0.1, 0.15) is 5.82 Å². The van der Waals surface area contributed by atoms with Crippen molar-refractivity contribution in [3.63, 3.8) is 0 Å². The Labute approximate surface area is 220 Å². The molecule has 1 atom stereocenters. The van der Waals surface area contributed by atoms with Gasteiger partial charge in [-0.1, -0.05) is 86.6 Å². The van der Waals surface area contributed by atoms with Gasteiger partial charge in [-0.15, -0.1) is 0 Å². The quantitative estimate of drug-likeness (QED) is 0.345. The van der Waals surface area contributed by atoms with Crippen LogP contribution in [0.2, 0.25) is 0 Å². The van der Waals surface area contributed by atoms with E-state index in [1.807, 2.05) is 60.7 Å². The third-order valence-corrected chi connectivity index (χ3v) is 6.10. The third kappa shape index (κ3) is 5.25. The molecule has 0 saturated heterocycles. The van der Waals surface area contributed by atoms with E-state index < -0.39 is 41.3 Å². The summed E-state index contributed by atoms with van der Waals surface area (Å²) in [6.07, 6.45) is -1.31. The van der Waals surface area contributed by atoms with Gasteiger partial charge in [0.15, 0.2) is 6.10 Å². The van der Waals surface area contributed by atoms with Crippen LogP contribution in [0.3, 0.4) is 0 Å². The summed E-state index contributed by atoms with van der Waals surface area (Å²) >= 11 is 0. The van der Waals surface area contributed by atoms with Gasteiger partial charge in [-0.2, -0.15) is 9.69 Å². The molecule has 0 aliphatic heterocycles. The lowest BCUT2D eigenvalue weighted by molar-refractivity contribution is -0.153. The molecule has 8 heteroatoms. The summed E-state index contributed by atoms with van der Waals surface area (Å²) in [5.41, 5.74) is 1.47. The van der Waals surface area contributed by atoms with Crippen LogP contribution in [0.15, 0.2) is 89.7 Å². The standard InChI is InChI=1S/C30H29N3O5/c1-19(2)28(35)33(29(36)20(3)38-21(4)34)32-27(31-25-18-12-11-17-24(25)30(32)37)26(22-13-7-5-8-14-22)23-15-9-6-10-16-23/h5-20,26H,1-4H3/t20-/m0/s1. The lowest BCUT2D eigenvalue weighted by Gasteiger charge is -2.31. The van der Waals surface area contributed by atoms with Gasteiger partial charge in [0.25, 0.3) is 17.4 Å². The Balaban J connectivity index is 2.10. The molecule has 0 saturated carbocycles. The van der Waals surface area contributed by atoms with Crippen molar-refractivity contribution in [1.29, 1.82) is 0 Å². The Kier molecular flexibility index (Phi) is 7.81. The highest BCUT2D eigenvalue weighted by atomic mass is 16.5. The van der Waals surface area contributed by atoms with Gasteiger partial charge >= 0.3 is 5.97 Å². The Morgan fingerprint density at radius 3 is 1.84 bits per heavy atom. The van der Waals surface area contributed by atoms with Crippen LogP contribution >= 0.6 is 0 Å². The minimum absolute atomic E-state index is 0.184. The topological polar surface area (TPSA) is 98.6 Å². The molecule has 0 spiro atoms. The van der Waals surface area contributed by atoms with Gasteiger partial charge in [-0.25, -0.2) is 4.98 Å². The lowest BCUT2D eigenvalue weighted by Crippen LogP contribution is -2.57. The predicted octanol–water partition coefficient (Wildman–Crippen LogP) is 4.18. The van der Waals surface area contributed by atoms with E-state index in [2.05, 4.69) is 0 Å². The first kappa shape index (κ1) is 26.5. The van der Waals surface area contributed by atoms with Crippen molar-refractivity contribution < 1.29 is 19.1 Å². The zero-order valence-corrected chi connectivity index (χ0v) is 21.7. The summed E-state index contributed by atoms with van der Waals surface area (Å²) in [6, 6.07) is 25.7. The number of fused-ring (bicyclic) bond motifs is 1. The number of benzene rings is 3. The van der Waals surface area contributed by atoms with Gasteiger partial charge in [-0.3, -0.25) is 19.2 Å². The summed E-state index contributed by atoms with van der Waals surface area (Å²) in [5, 5.41) is 1.03. The summed E-state index contributed by atoms with van der Waals surface area (Å²) in [4.78, 5) is 57.9. The molecule has 3 aromatic carbocycles. The highest BCUT2D eigenvalue weighted by Gasteiger charge is 2.36. The monoisotopic (exact) mass is 511 g/mol. The number of hydrogen-bond acceptors (Lipinski definition) is 6. The van der Waals surface area contributed by atoms with Crippen LogP contribution in [0.1, 0.15) is 50.6 Å². The molecule has 194 valence electrons. The maximum absolute atomic E-state index is 14.1. The van der Waals surface area contributed by atoms with Crippen LogP contribution < -0.4 is 10.6 Å². The van der Waals surface area contributed by atoms with Crippen LogP contribution in [0.5, 0.6) is 0 Å². The predicted molar refractivity (Wildman–Crippen MR) is 144 cm³/mol. The molecule has 0 radical (unpaired) electrons. The third-order valence-electron chi connectivity index (χ3n) is 6.10. The first-order valence-corrected chi connectivity index (χ1v) is 12.4. The Morgan fingerprint density at radius 2 is 1.32 bits per heavy atom. The molecule has 1 aromatic heterocycles. The van der Waals surface area contributed by atoms with Crippen LogP contribution in [-0.4, -0.2) is 33.5 Å². The van der Waals surface area contributed by atoms with Crippen molar-refractivity contribution in [3.05, 3.63) is 112 Å². The van der Waals surface area contributed by atoms with Crippen LogP contribution in [0.4, 0.5) is 0 Å². The van der Waals surface area contributed by atoms with Crippen molar-refractivity contribution in [1.82, 2.24) is 9.66 Å². The Bertz CT molecular complexity index is 1490. The van der Waals surface area contributed by atoms with Gasteiger partial charge in [0.05, 0.1) is 16.8 Å². The first-order valence-electron chi connectivity index (χ1n) is 12.4. The van der Waals surface area contributed by atoms with E-state index in [1.165, 1.54) is 13.8 Å². The smallest absolute Gasteiger partial charge is 0.303 e. The fraction of sp³-hybridized carbons (Fsp3) is 0.233. The van der Waals surface area contributed by atoms with Crippen molar-refractivity contribution in [2.24, 2.45) is 5.92 Å². The minimum Gasteiger partial charge on any atom is -0.453 e. The molecule has 38 heavy (non-hydrogen) atoms. The molecule has 0 fully saturated rings. The number of rotatable bonds is 7. The van der Waals surface area contributed by atoms with E-state index in [-0.39, 0.29) is 11.2 Å². The minimum atomic E-state index is -1.31. The number of esters is 1. The molecule has 0 bridgehead atoms. The molecule has 0 aliphatic rings. The fourth-order valence-electron chi connectivity index (χ4n) is 4.32. The SMILES string of the molecule is CC(=O)O[C@@H](C)C(=O)N(C(=O)C(C)C)n1c(C(c2ccccc2)c2ccccc2)nc2ccccc2c1=O. The van der Waals surface area contributed by atoms with Crippen molar-refractivity contribution in [2.45, 2.75) is 39.7 Å². The number of amides is 2. The van der Waals surface area contributed by atoms with Gasteiger partial charge in [0.2, 0.25) is 0 Å². The van der Waals surface area contributed by atoms with Gasteiger partial charge in [0, 0.05) is 12.8 Å². The normalized spacial score (nSPS) is 11.9. The van der Waals surface area contributed by atoms with Gasteiger partial charge < -0.3 is 4.74 Å². The molecule has 1 heterocycles. The van der Waals surface area contributed by atoms with E-state index in [0.717, 1.165) is 20.8 Å². The number of carbonyl (C=O) groups is 3. The lowest BCUT2D eigenvalue weighted by atomic mass is 9.90. The molecular weight excluding hydrogens is 482 g/mol. The zero-order valence-electron chi connectivity index (χ0n) is 21.7. The Morgan fingerprint density at radius 1 is 0.789 bits per heavy atom. The largest absolute Gasteiger partial charge is 0.453 e. The van der Waals surface area contributed by atoms with Crippen molar-refractivity contribution in [3.8, 4) is 0 Å². The van der Waals surface area contributed by atoms with Crippen LogP contribution in [0.25, 0.3) is 10.9 Å². The molecule has 0 unspecified atom stereocenters. The van der Waals surface area contributed by atoms with Crippen molar-refractivity contribution >= 4 is 28.7 Å². The molecule has 4 aromatic rings. The molecule has 0 aliphatic carbocycles. The van der Waals surface area contributed by atoms with E-state index >= 15 is 0 Å². The zero-order chi connectivity index (χ0) is 27.4. The van der Waals surface area contributed by atoms with Crippen molar-refractivity contribution in [2.75, 3.05) is 5.01 Å². The highest BCUT2D eigenvalue weighted by Crippen LogP contribution is 2.31. The van der Waals surface area contributed by atoms with E-state index in [1.54, 1.807) is 38.1 Å². The number of nitrogens with zero attached hydrogens (tertiary/aromatic N) is 3. The van der Waals surface area contributed by atoms with Crippen LogP contribution in [-0.2, 0) is 19.1 Å². The summed E-state index contributed by atoms with van der Waals surface area (Å²) in [5.74, 6) is -3.23. The Hall–Kier alpha value is -4.59. The fourth-order valence-corrected chi connectivity index (χ4v) is 4.32. The number of aromatic nitrogens is 2. The number of carbonyl (C=O) groups excluding carboxylic acids is 3. The molecule has 2 amide bonds. The molecule has 0 N–H and O–H groups in total. The van der Waals surface area contributed by atoms with Crippen LogP contribution in [0, 0.1) is 5.92 Å². The average molecular weight is 512 g/mol. The van der Waals surface area contributed by atoms with E-state index in [9.17, 15) is 19.2 Å². The highest BCUT2D eigenvalue weighted by molar-refractivity contribution is 6.11. The summed E-state index contributed by atoms with van der Waals surface area (Å²) in [6.45, 7) is 5.80. The summed E-state index contributed by atoms with van der Waals surface area (Å²) < 4.78 is 6.18. The van der Waals surface area contributed by atoms with E-state index in [0.29, 0.717) is 5.52 Å². The first-order chi connectivity index (χ1) is 18.2. The maximum atomic E-state index is 14.1.